The van der Waals surface area contributed by atoms with Crippen molar-refractivity contribution in [1.29, 1.82) is 0 Å². The zero-order valence-electron chi connectivity index (χ0n) is 11.0. The van der Waals surface area contributed by atoms with Crippen molar-refractivity contribution >= 4 is 0 Å². The molecule has 1 aromatic rings. The Bertz CT molecular complexity index is 431. The van der Waals surface area contributed by atoms with Crippen LogP contribution in [0.4, 0.5) is 13.2 Å². The van der Waals surface area contributed by atoms with E-state index in [1.807, 2.05) is 6.92 Å². The second-order valence-electron chi connectivity index (χ2n) is 5.26. The number of nitrogens with zero attached hydrogens (tertiary/aromatic N) is 1. The van der Waals surface area contributed by atoms with Crippen molar-refractivity contribution in [1.82, 2.24) is 4.90 Å². The van der Waals surface area contributed by atoms with Gasteiger partial charge in [0.05, 0.1) is 5.56 Å². The number of halogens is 3. The molecule has 1 heterocycles. The van der Waals surface area contributed by atoms with Crippen molar-refractivity contribution in [3.05, 3.63) is 35.4 Å². The molecule has 1 aliphatic heterocycles. The van der Waals surface area contributed by atoms with Crippen molar-refractivity contribution in [2.45, 2.75) is 44.6 Å². The molecule has 2 atom stereocenters. The Balaban J connectivity index is 2.15. The summed E-state index contributed by atoms with van der Waals surface area (Å²) in [5, 5.41) is 0. The van der Waals surface area contributed by atoms with Gasteiger partial charge in [0.15, 0.2) is 0 Å². The Hall–Kier alpha value is -1.07. The molecule has 0 amide bonds. The van der Waals surface area contributed by atoms with E-state index in [0.29, 0.717) is 12.1 Å². The Kier molecular flexibility index (Phi) is 4.16. The van der Waals surface area contributed by atoms with Crippen molar-refractivity contribution in [2.75, 3.05) is 6.54 Å². The van der Waals surface area contributed by atoms with Gasteiger partial charge in [-0.15, -0.1) is 0 Å². The molecular weight excluding hydrogens is 253 g/mol. The molecule has 0 aliphatic carbocycles. The first-order chi connectivity index (χ1) is 8.88. The van der Waals surface area contributed by atoms with Crippen LogP contribution < -0.4 is 5.73 Å². The number of benzene rings is 1. The van der Waals surface area contributed by atoms with Crippen molar-refractivity contribution in [2.24, 2.45) is 5.73 Å². The molecule has 0 saturated carbocycles. The molecule has 2 rings (SSSR count). The number of rotatable bonds is 2. The third-order valence-electron chi connectivity index (χ3n) is 3.75. The molecule has 0 radical (unpaired) electrons. The van der Waals surface area contributed by atoms with Gasteiger partial charge < -0.3 is 5.73 Å². The lowest BCUT2D eigenvalue weighted by molar-refractivity contribution is -0.138. The lowest BCUT2D eigenvalue weighted by Crippen LogP contribution is -2.45. The van der Waals surface area contributed by atoms with Gasteiger partial charge in [0.2, 0.25) is 0 Å². The summed E-state index contributed by atoms with van der Waals surface area (Å²) in [5.41, 5.74) is 5.69. The van der Waals surface area contributed by atoms with E-state index in [1.165, 1.54) is 6.07 Å². The maximum Gasteiger partial charge on any atom is 0.416 e. The highest BCUT2D eigenvalue weighted by Gasteiger charge is 2.34. The SMILES string of the molecule is CC1CC(N)CCN1Cc1ccccc1C(F)(F)F. The molecule has 5 heteroatoms. The zero-order valence-corrected chi connectivity index (χ0v) is 11.0. The van der Waals surface area contributed by atoms with Crippen LogP contribution in [0.1, 0.15) is 30.9 Å². The summed E-state index contributed by atoms with van der Waals surface area (Å²) in [6.45, 7) is 3.12. The molecule has 1 saturated heterocycles. The highest BCUT2D eigenvalue weighted by molar-refractivity contribution is 5.29. The summed E-state index contributed by atoms with van der Waals surface area (Å²) in [7, 11) is 0. The predicted molar refractivity (Wildman–Crippen MR) is 68.5 cm³/mol. The Morgan fingerprint density at radius 3 is 2.63 bits per heavy atom. The third-order valence-corrected chi connectivity index (χ3v) is 3.75. The van der Waals surface area contributed by atoms with E-state index in [0.717, 1.165) is 25.5 Å². The quantitative estimate of drug-likeness (QED) is 0.896. The second kappa shape index (κ2) is 5.51. The molecule has 1 aromatic carbocycles. The van der Waals surface area contributed by atoms with E-state index < -0.39 is 11.7 Å². The molecule has 0 bridgehead atoms. The topological polar surface area (TPSA) is 29.3 Å². The van der Waals surface area contributed by atoms with E-state index in [1.54, 1.807) is 12.1 Å². The molecule has 106 valence electrons. The lowest BCUT2D eigenvalue weighted by Gasteiger charge is -2.36. The average Bonchev–Trinajstić information content (AvgIpc) is 2.32. The average molecular weight is 272 g/mol. The van der Waals surface area contributed by atoms with E-state index in [4.69, 9.17) is 5.73 Å². The van der Waals surface area contributed by atoms with Gasteiger partial charge >= 0.3 is 6.18 Å². The monoisotopic (exact) mass is 272 g/mol. The molecule has 0 aromatic heterocycles. The highest BCUT2D eigenvalue weighted by atomic mass is 19.4. The van der Waals surface area contributed by atoms with Crippen LogP contribution in [-0.2, 0) is 12.7 Å². The second-order valence-corrected chi connectivity index (χ2v) is 5.26. The Labute approximate surface area is 111 Å². The maximum atomic E-state index is 12.9. The van der Waals surface area contributed by atoms with Gasteiger partial charge in [-0.25, -0.2) is 0 Å². The van der Waals surface area contributed by atoms with Gasteiger partial charge in [0.25, 0.3) is 0 Å². The number of hydrogen-bond donors (Lipinski definition) is 1. The van der Waals surface area contributed by atoms with Crippen LogP contribution in [0.2, 0.25) is 0 Å². The van der Waals surface area contributed by atoms with Crippen LogP contribution in [-0.4, -0.2) is 23.5 Å². The van der Waals surface area contributed by atoms with Gasteiger partial charge in [-0.1, -0.05) is 18.2 Å². The molecule has 2 N–H and O–H groups in total. The molecular formula is C14H19F3N2. The number of nitrogens with two attached hydrogens (primary N) is 1. The first-order valence-corrected chi connectivity index (χ1v) is 6.52. The third kappa shape index (κ3) is 3.48. The van der Waals surface area contributed by atoms with E-state index in [9.17, 15) is 13.2 Å². The molecule has 1 fully saturated rings. The minimum absolute atomic E-state index is 0.170. The van der Waals surface area contributed by atoms with Crippen LogP contribution in [0.15, 0.2) is 24.3 Å². The van der Waals surface area contributed by atoms with Gasteiger partial charge in [-0.3, -0.25) is 4.90 Å². The lowest BCUT2D eigenvalue weighted by atomic mass is 9.97. The summed E-state index contributed by atoms with van der Waals surface area (Å²) in [6.07, 6.45) is -2.60. The minimum atomic E-state index is -4.29. The largest absolute Gasteiger partial charge is 0.416 e. The fourth-order valence-electron chi connectivity index (χ4n) is 2.65. The van der Waals surface area contributed by atoms with Crippen LogP contribution in [0.3, 0.4) is 0 Å². The van der Waals surface area contributed by atoms with Crippen LogP contribution >= 0.6 is 0 Å². The van der Waals surface area contributed by atoms with Crippen LogP contribution in [0.25, 0.3) is 0 Å². The zero-order chi connectivity index (χ0) is 14.0. The van der Waals surface area contributed by atoms with E-state index in [2.05, 4.69) is 4.90 Å². The van der Waals surface area contributed by atoms with Crippen molar-refractivity contribution < 1.29 is 13.2 Å². The summed E-state index contributed by atoms with van der Waals surface area (Å²) < 4.78 is 38.8. The Morgan fingerprint density at radius 2 is 2.00 bits per heavy atom. The maximum absolute atomic E-state index is 12.9. The summed E-state index contributed by atoms with van der Waals surface area (Å²) in [6, 6.07) is 6.20. The molecule has 19 heavy (non-hydrogen) atoms. The number of piperidine rings is 1. The van der Waals surface area contributed by atoms with Gasteiger partial charge in [0, 0.05) is 25.2 Å². The molecule has 2 unspecified atom stereocenters. The molecule has 1 aliphatic rings. The van der Waals surface area contributed by atoms with Gasteiger partial charge in [0.1, 0.15) is 0 Å². The molecule has 0 spiro atoms. The summed E-state index contributed by atoms with van der Waals surface area (Å²) >= 11 is 0. The fraction of sp³-hybridized carbons (Fsp3) is 0.571. The van der Waals surface area contributed by atoms with Crippen LogP contribution in [0.5, 0.6) is 0 Å². The van der Waals surface area contributed by atoms with Crippen molar-refractivity contribution in [3.8, 4) is 0 Å². The van der Waals surface area contributed by atoms with Crippen molar-refractivity contribution in [3.63, 3.8) is 0 Å². The first kappa shape index (κ1) is 14.3. The van der Waals surface area contributed by atoms with Gasteiger partial charge in [-0.2, -0.15) is 13.2 Å². The van der Waals surface area contributed by atoms with Crippen LogP contribution in [0, 0.1) is 0 Å². The summed E-state index contributed by atoms with van der Waals surface area (Å²) in [4.78, 5) is 2.08. The predicted octanol–water partition coefficient (Wildman–Crippen LogP) is 3.02. The van der Waals surface area contributed by atoms with E-state index in [-0.39, 0.29) is 12.1 Å². The normalized spacial score (nSPS) is 25.5. The number of likely N-dealkylation sites (tertiary alicyclic amines) is 1. The minimum Gasteiger partial charge on any atom is -0.328 e. The number of alkyl halides is 3. The smallest absolute Gasteiger partial charge is 0.328 e. The van der Waals surface area contributed by atoms with Gasteiger partial charge in [-0.05, 0) is 31.4 Å². The highest BCUT2D eigenvalue weighted by Crippen LogP contribution is 2.33. The Morgan fingerprint density at radius 1 is 1.32 bits per heavy atom. The molecule has 2 nitrogen and oxygen atoms in total. The standard InChI is InChI=1S/C14H19F3N2/c1-10-8-12(18)6-7-19(10)9-11-4-2-3-5-13(11)14(15,16)17/h2-5,10,12H,6-9,18H2,1H3. The van der Waals surface area contributed by atoms with E-state index >= 15 is 0 Å². The number of hydrogen-bond acceptors (Lipinski definition) is 2. The first-order valence-electron chi connectivity index (χ1n) is 6.52. The fourth-order valence-corrected chi connectivity index (χ4v) is 2.65. The summed E-state index contributed by atoms with van der Waals surface area (Å²) in [5.74, 6) is 0.